The van der Waals surface area contributed by atoms with Crippen molar-refractivity contribution in [3.8, 4) is 0 Å². The van der Waals surface area contributed by atoms with Crippen LogP contribution in [0, 0.1) is 34.4 Å². The number of aliphatic hydroxyl groups is 1. The summed E-state index contributed by atoms with van der Waals surface area (Å²) in [6.45, 7) is 5.26. The molecule has 1 spiro atoms. The number of hydrogen-bond donors (Lipinski definition) is 1. The Morgan fingerprint density at radius 1 is 1.22 bits per heavy atom. The van der Waals surface area contributed by atoms with E-state index < -0.39 is 5.41 Å². The number of aliphatic hydroxyl groups excluding tert-OH is 1. The highest BCUT2D eigenvalue weighted by Crippen LogP contribution is 2.63. The van der Waals surface area contributed by atoms with Gasteiger partial charge in [-0.15, -0.1) is 0 Å². The molecular weight excluding hydrogens is 457 g/mol. The number of ether oxygens (including phenoxy) is 1. The van der Waals surface area contributed by atoms with Crippen molar-refractivity contribution in [2.45, 2.75) is 70.6 Å². The Labute approximate surface area is 213 Å². The number of likely N-dealkylation sites (tertiary alicyclic amines) is 1. The summed E-state index contributed by atoms with van der Waals surface area (Å²) in [5.41, 5.74) is 2.15. The van der Waals surface area contributed by atoms with Crippen molar-refractivity contribution in [1.82, 2.24) is 4.90 Å². The Hall–Kier alpha value is -2.21. The number of allylic oxidation sites excluding steroid dienone is 1. The fourth-order valence-electron chi connectivity index (χ4n) is 8.81. The van der Waals surface area contributed by atoms with E-state index in [4.69, 9.17) is 4.74 Å². The number of carbonyl (C=O) groups is 2. The van der Waals surface area contributed by atoms with Crippen LogP contribution in [0.1, 0.15) is 75.3 Å². The van der Waals surface area contributed by atoms with Crippen LogP contribution >= 0.6 is 0 Å². The molecule has 194 valence electrons. The highest BCUT2D eigenvalue weighted by atomic mass is 19.1. The first-order chi connectivity index (χ1) is 17.4. The maximum atomic E-state index is 14.6. The van der Waals surface area contributed by atoms with Gasteiger partial charge in [-0.2, -0.15) is 0 Å². The first-order valence-electron chi connectivity index (χ1n) is 13.9. The van der Waals surface area contributed by atoms with Gasteiger partial charge in [0.1, 0.15) is 5.82 Å². The molecule has 6 heteroatoms. The van der Waals surface area contributed by atoms with Gasteiger partial charge >= 0.3 is 0 Å². The summed E-state index contributed by atoms with van der Waals surface area (Å²) in [4.78, 5) is 28.9. The molecule has 2 aliphatic heterocycles. The van der Waals surface area contributed by atoms with Crippen molar-refractivity contribution < 1.29 is 23.8 Å². The quantitative estimate of drug-likeness (QED) is 0.454. The van der Waals surface area contributed by atoms with Crippen LogP contribution in [-0.2, 0) is 20.7 Å². The normalized spacial score (nSPS) is 36.1. The standard InChI is InChI=1S/C30H38FNO4/c1-29-10-9-20-19-3-2-4-25(31)21(19)5-6-22(20)27(29)23(24(17-33)28(29)35)7-8-26(34)32-14-11-30(18-32)12-15-36-16-13-30/h2-4,17,20,22-23,27,33H,5-16,18H2,1H3/b24-17-/t20?,22?,23-,27?,29+/m1/s1. The Morgan fingerprint density at radius 2 is 2.03 bits per heavy atom. The van der Waals surface area contributed by atoms with Gasteiger partial charge in [0.25, 0.3) is 0 Å². The van der Waals surface area contributed by atoms with E-state index in [2.05, 4.69) is 13.0 Å². The van der Waals surface area contributed by atoms with Crippen molar-refractivity contribution in [3.05, 3.63) is 47.0 Å². The lowest BCUT2D eigenvalue weighted by molar-refractivity contribution is -0.131. The molecule has 36 heavy (non-hydrogen) atoms. The maximum Gasteiger partial charge on any atom is 0.222 e. The van der Waals surface area contributed by atoms with Gasteiger partial charge in [0.05, 0.1) is 6.26 Å². The lowest BCUT2D eigenvalue weighted by Crippen LogP contribution is -2.44. The van der Waals surface area contributed by atoms with Gasteiger partial charge in [-0.05, 0) is 97.6 Å². The Kier molecular flexibility index (Phi) is 6.01. The molecule has 3 unspecified atom stereocenters. The van der Waals surface area contributed by atoms with Gasteiger partial charge in [0.15, 0.2) is 5.78 Å². The number of ketones is 1. The van der Waals surface area contributed by atoms with Gasteiger partial charge in [-0.1, -0.05) is 19.1 Å². The van der Waals surface area contributed by atoms with E-state index in [1.54, 1.807) is 12.1 Å². The SMILES string of the molecule is C[C@]12CCC3c4cccc(F)c4CCC3C1[C@H](CCC(=O)N1CCC3(CCOCC3)C1)/C(=C/O)C2=O. The number of Topliss-reactive ketones (excluding diaryl/α,β-unsaturated/α-hetero) is 1. The third kappa shape index (κ3) is 3.66. The van der Waals surface area contributed by atoms with Crippen molar-refractivity contribution >= 4 is 11.7 Å². The summed E-state index contributed by atoms with van der Waals surface area (Å²) in [7, 11) is 0. The smallest absolute Gasteiger partial charge is 0.222 e. The molecule has 4 fully saturated rings. The van der Waals surface area contributed by atoms with Crippen LogP contribution in [0.2, 0.25) is 0 Å². The average Bonchev–Trinajstić information content (AvgIpc) is 3.39. The van der Waals surface area contributed by atoms with Crippen LogP contribution in [-0.4, -0.2) is 48.0 Å². The van der Waals surface area contributed by atoms with E-state index in [9.17, 15) is 19.1 Å². The molecular formula is C30H38FNO4. The number of carbonyl (C=O) groups excluding carboxylic acids is 2. The fraction of sp³-hybridized carbons (Fsp3) is 0.667. The van der Waals surface area contributed by atoms with E-state index in [1.165, 1.54) is 0 Å². The number of rotatable bonds is 3. The van der Waals surface area contributed by atoms with Crippen LogP contribution in [0.3, 0.4) is 0 Å². The van der Waals surface area contributed by atoms with E-state index in [1.807, 2.05) is 4.90 Å². The fourth-order valence-corrected chi connectivity index (χ4v) is 8.81. The second-order valence-corrected chi connectivity index (χ2v) is 12.3. The second kappa shape index (κ2) is 8.97. The molecule has 2 saturated carbocycles. The number of amides is 1. The highest BCUT2D eigenvalue weighted by molar-refractivity contribution is 6.03. The van der Waals surface area contributed by atoms with E-state index in [0.717, 1.165) is 82.2 Å². The number of hydrogen-bond acceptors (Lipinski definition) is 4. The summed E-state index contributed by atoms with van der Waals surface area (Å²) >= 11 is 0. The number of fused-ring (bicyclic) bond motifs is 5. The maximum absolute atomic E-state index is 14.6. The van der Waals surface area contributed by atoms with Crippen LogP contribution in [0.5, 0.6) is 0 Å². The van der Waals surface area contributed by atoms with Crippen molar-refractivity contribution in [1.29, 1.82) is 0 Å². The molecule has 1 amide bonds. The summed E-state index contributed by atoms with van der Waals surface area (Å²) < 4.78 is 20.1. The Balaban J connectivity index is 1.22. The topological polar surface area (TPSA) is 66.8 Å². The molecule has 2 saturated heterocycles. The molecule has 1 aromatic carbocycles. The zero-order valence-corrected chi connectivity index (χ0v) is 21.3. The number of halogens is 1. The second-order valence-electron chi connectivity index (χ2n) is 12.3. The van der Waals surface area contributed by atoms with Gasteiger partial charge in [-0.3, -0.25) is 9.59 Å². The first kappa shape index (κ1) is 24.1. The lowest BCUT2D eigenvalue weighted by atomic mass is 9.54. The summed E-state index contributed by atoms with van der Waals surface area (Å²) in [5, 5.41) is 10.2. The summed E-state index contributed by atoms with van der Waals surface area (Å²) in [6.07, 6.45) is 8.26. The zero-order valence-electron chi connectivity index (χ0n) is 21.3. The molecule has 2 heterocycles. The van der Waals surface area contributed by atoms with Crippen molar-refractivity contribution in [3.63, 3.8) is 0 Å². The highest BCUT2D eigenvalue weighted by Gasteiger charge is 2.61. The Morgan fingerprint density at radius 3 is 2.81 bits per heavy atom. The molecule has 0 radical (unpaired) electrons. The monoisotopic (exact) mass is 495 g/mol. The summed E-state index contributed by atoms with van der Waals surface area (Å²) in [6, 6.07) is 5.42. The lowest BCUT2D eigenvalue weighted by Gasteiger charge is -2.49. The molecule has 1 aromatic rings. The van der Waals surface area contributed by atoms with Crippen LogP contribution in [0.4, 0.5) is 4.39 Å². The average molecular weight is 496 g/mol. The van der Waals surface area contributed by atoms with Gasteiger partial charge in [-0.25, -0.2) is 4.39 Å². The molecule has 5 atom stereocenters. The number of benzene rings is 1. The minimum atomic E-state index is -0.520. The Bertz CT molecular complexity index is 1090. The zero-order chi connectivity index (χ0) is 25.1. The van der Waals surface area contributed by atoms with Crippen LogP contribution in [0.25, 0.3) is 0 Å². The van der Waals surface area contributed by atoms with Crippen LogP contribution in [0.15, 0.2) is 30.0 Å². The largest absolute Gasteiger partial charge is 0.515 e. The number of nitrogens with zero attached hydrogens (tertiary/aromatic N) is 1. The molecule has 0 aromatic heterocycles. The third-order valence-corrected chi connectivity index (χ3v) is 10.7. The van der Waals surface area contributed by atoms with Crippen LogP contribution < -0.4 is 0 Å². The molecule has 0 bridgehead atoms. The van der Waals surface area contributed by atoms with E-state index >= 15 is 0 Å². The van der Waals surface area contributed by atoms with Crippen molar-refractivity contribution in [2.75, 3.05) is 26.3 Å². The molecule has 1 N–H and O–H groups in total. The minimum Gasteiger partial charge on any atom is -0.515 e. The molecule has 6 rings (SSSR count). The first-order valence-corrected chi connectivity index (χ1v) is 13.9. The molecule has 5 nitrogen and oxygen atoms in total. The third-order valence-electron chi connectivity index (χ3n) is 10.7. The van der Waals surface area contributed by atoms with Gasteiger partial charge in [0, 0.05) is 43.7 Å². The van der Waals surface area contributed by atoms with E-state index in [0.29, 0.717) is 24.8 Å². The predicted octanol–water partition coefficient (Wildman–Crippen LogP) is 5.34. The predicted molar refractivity (Wildman–Crippen MR) is 134 cm³/mol. The molecule has 3 aliphatic carbocycles. The molecule has 5 aliphatic rings. The van der Waals surface area contributed by atoms with E-state index in [-0.39, 0.29) is 46.6 Å². The van der Waals surface area contributed by atoms with Crippen molar-refractivity contribution in [2.24, 2.45) is 28.6 Å². The summed E-state index contributed by atoms with van der Waals surface area (Å²) in [5.74, 6) is 0.548. The minimum absolute atomic E-state index is 0.0540. The van der Waals surface area contributed by atoms with Gasteiger partial charge < -0.3 is 14.7 Å². The van der Waals surface area contributed by atoms with Gasteiger partial charge in [0.2, 0.25) is 5.91 Å².